The number of amides is 2. The van der Waals surface area contributed by atoms with E-state index in [1.54, 1.807) is 21.9 Å². The molecule has 0 radical (unpaired) electrons. The van der Waals surface area contributed by atoms with Crippen LogP contribution in [-0.4, -0.2) is 113 Å². The largest absolute Gasteiger partial charge is 0.465 e. The first-order valence-corrected chi connectivity index (χ1v) is 23.5. The predicted octanol–water partition coefficient (Wildman–Crippen LogP) is 6.69. The number of methoxy groups -OCH3 is 1. The van der Waals surface area contributed by atoms with Crippen LogP contribution in [0, 0.1) is 11.8 Å². The molecule has 2 aliphatic rings. The Hall–Kier alpha value is -4.75. The van der Waals surface area contributed by atoms with Crippen molar-refractivity contribution in [2.24, 2.45) is 11.8 Å². The molecule has 0 fully saturated rings. The molecule has 0 aliphatic carbocycles. The predicted molar refractivity (Wildman–Crippen MR) is 231 cm³/mol. The van der Waals surface area contributed by atoms with E-state index < -0.39 is 49.5 Å². The third-order valence-electron chi connectivity index (χ3n) is 10.1. The maximum Gasteiger partial charge on any atom is 0.410 e. The summed E-state index contributed by atoms with van der Waals surface area (Å²) in [6.45, 7) is 20.3. The second-order valence-corrected chi connectivity index (χ2v) is 21.9. The number of benzene rings is 2. The summed E-state index contributed by atoms with van der Waals surface area (Å²) in [4.78, 5) is 50.6. The molecule has 0 spiro atoms. The molecule has 338 valence electrons. The van der Waals surface area contributed by atoms with E-state index in [2.05, 4.69) is 0 Å². The van der Waals surface area contributed by atoms with Crippen LogP contribution in [0.2, 0.25) is 0 Å². The van der Waals surface area contributed by atoms with Crippen molar-refractivity contribution in [3.05, 3.63) is 47.0 Å². The van der Waals surface area contributed by atoms with E-state index in [1.165, 1.54) is 19.2 Å². The number of esters is 1. The van der Waals surface area contributed by atoms with Crippen LogP contribution < -0.4 is 0 Å². The van der Waals surface area contributed by atoms with Gasteiger partial charge in [-0.1, -0.05) is 35.1 Å². The monoisotopic (exact) mass is 890 g/mol. The van der Waals surface area contributed by atoms with E-state index in [-0.39, 0.29) is 52.8 Å². The summed E-state index contributed by atoms with van der Waals surface area (Å²) in [5.41, 5.74) is 1.39. The lowest BCUT2D eigenvalue weighted by Crippen LogP contribution is -2.46. The molecule has 1 N–H and O–H groups in total. The Labute approximate surface area is 359 Å². The van der Waals surface area contributed by atoms with Gasteiger partial charge in [-0.05, 0) is 83.2 Å². The molecule has 0 saturated heterocycles. The molecule has 61 heavy (non-hydrogen) atoms. The van der Waals surface area contributed by atoms with Crippen molar-refractivity contribution in [3.8, 4) is 0 Å². The van der Waals surface area contributed by atoms with Gasteiger partial charge >= 0.3 is 18.2 Å². The molecule has 0 unspecified atom stereocenters. The average molecular weight is 891 g/mol. The van der Waals surface area contributed by atoms with Gasteiger partial charge in [0.15, 0.2) is 19.7 Å². The SMILES string of the molecule is C.CC(C)[C@@H]1c2nc3cc(CO)c(S(C)(=O)=O)cc3n2CCN1C(=O)OC(C)(C)C.COC(=O)c1cc2nc3n(c2cc1S(C)(=O)=O)CCN(C(=O)OC(C)(C)C)[C@@H]3C(C)C. The molecular weight excluding hydrogens is 829 g/mol. The fourth-order valence-corrected chi connectivity index (χ4v) is 9.48. The molecular formula is C42H62N6O11S2. The van der Waals surface area contributed by atoms with E-state index in [1.807, 2.05) is 78.4 Å². The zero-order chi connectivity index (χ0) is 45.0. The Morgan fingerprint density at radius 3 is 1.44 bits per heavy atom. The van der Waals surface area contributed by atoms with Gasteiger partial charge in [-0.2, -0.15) is 0 Å². The van der Waals surface area contributed by atoms with E-state index in [9.17, 15) is 36.3 Å². The van der Waals surface area contributed by atoms with Gasteiger partial charge in [-0.25, -0.2) is 41.2 Å². The highest BCUT2D eigenvalue weighted by Crippen LogP contribution is 2.38. The van der Waals surface area contributed by atoms with Gasteiger partial charge in [0, 0.05) is 38.7 Å². The lowest BCUT2D eigenvalue weighted by Gasteiger charge is -2.38. The third kappa shape index (κ3) is 10.3. The molecule has 19 heteroatoms. The van der Waals surface area contributed by atoms with Gasteiger partial charge in [0.05, 0.1) is 63.2 Å². The van der Waals surface area contributed by atoms with Crippen LogP contribution in [-0.2, 0) is 53.6 Å². The highest BCUT2D eigenvalue weighted by atomic mass is 32.2. The molecule has 2 aliphatic heterocycles. The van der Waals surface area contributed by atoms with Crippen LogP contribution in [0.3, 0.4) is 0 Å². The standard InChI is InChI=1S/C21H29N3O6S.C20H29N3O5S.CH4/c1-12(2)17-18-22-14-10-13(19(25)29-6)16(31(7,27)28)11-15(14)23(18)8-9-24(17)20(26)30-21(3,4)5;1-12(2)17-18-21-14-9-13(11-24)16(29(6,26)27)10-15(14)22(18)7-8-23(17)19(25)28-20(3,4)5;/h10-12,17H,8-9H2,1-7H3;9-10,12,17,24H,7-8,11H2,1-6H3;1H4/t2*17-;/m11./s1. The number of rotatable bonds is 6. The Balaban J connectivity index is 0.000000265. The fraction of sp³-hybridized carbons (Fsp3) is 0.595. The van der Waals surface area contributed by atoms with Crippen LogP contribution in [0.4, 0.5) is 9.59 Å². The molecule has 0 saturated carbocycles. The van der Waals surface area contributed by atoms with E-state index in [0.717, 1.165) is 12.5 Å². The molecule has 2 aromatic carbocycles. The smallest absolute Gasteiger partial charge is 0.410 e. The number of ether oxygens (including phenoxy) is 3. The summed E-state index contributed by atoms with van der Waals surface area (Å²) in [6.07, 6.45) is 1.37. The van der Waals surface area contributed by atoms with Crippen molar-refractivity contribution in [2.75, 3.05) is 32.7 Å². The van der Waals surface area contributed by atoms with Crippen LogP contribution in [0.15, 0.2) is 34.1 Å². The molecule has 2 atom stereocenters. The van der Waals surface area contributed by atoms with Gasteiger partial charge in [-0.15, -0.1) is 0 Å². The van der Waals surface area contributed by atoms with Crippen LogP contribution in [0.25, 0.3) is 22.1 Å². The minimum atomic E-state index is -3.69. The van der Waals surface area contributed by atoms with Crippen molar-refractivity contribution >= 4 is 59.9 Å². The van der Waals surface area contributed by atoms with Gasteiger partial charge in [-0.3, -0.25) is 9.80 Å². The Bertz CT molecular complexity index is 2550. The van der Waals surface area contributed by atoms with E-state index >= 15 is 0 Å². The third-order valence-corrected chi connectivity index (χ3v) is 12.4. The normalized spacial score (nSPS) is 17.0. The van der Waals surface area contributed by atoms with Crippen LogP contribution >= 0.6 is 0 Å². The minimum absolute atomic E-state index is 0. The van der Waals surface area contributed by atoms with E-state index in [0.29, 0.717) is 65.5 Å². The Kier molecular flexibility index (Phi) is 14.1. The highest BCUT2D eigenvalue weighted by molar-refractivity contribution is 7.91. The number of nitrogens with zero attached hydrogens (tertiary/aromatic N) is 6. The lowest BCUT2D eigenvalue weighted by molar-refractivity contribution is 0.00319. The number of imidazole rings is 2. The molecule has 17 nitrogen and oxygen atoms in total. The summed E-state index contributed by atoms with van der Waals surface area (Å²) in [5.74, 6) is 0.678. The van der Waals surface area contributed by atoms with Crippen molar-refractivity contribution in [1.82, 2.24) is 28.9 Å². The molecule has 0 bridgehead atoms. The lowest BCUT2D eigenvalue weighted by atomic mass is 10.0. The number of aromatic nitrogens is 4. The van der Waals surface area contributed by atoms with Gasteiger partial charge in [0.1, 0.15) is 22.9 Å². The minimum Gasteiger partial charge on any atom is -0.465 e. The molecule has 6 rings (SSSR count). The number of aliphatic hydroxyl groups excluding tert-OH is 1. The molecule has 2 aromatic heterocycles. The molecule has 4 heterocycles. The first-order valence-electron chi connectivity index (χ1n) is 19.7. The van der Waals surface area contributed by atoms with Crippen molar-refractivity contribution in [3.63, 3.8) is 0 Å². The highest BCUT2D eigenvalue weighted by Gasteiger charge is 2.40. The zero-order valence-corrected chi connectivity index (χ0v) is 38.3. The number of carbonyl (C=O) groups is 3. The topological polar surface area (TPSA) is 210 Å². The zero-order valence-electron chi connectivity index (χ0n) is 36.7. The maximum atomic E-state index is 12.8. The summed E-state index contributed by atoms with van der Waals surface area (Å²) < 4.78 is 68.9. The quantitative estimate of drug-likeness (QED) is 0.158. The second-order valence-electron chi connectivity index (χ2n) is 17.9. The first-order chi connectivity index (χ1) is 27.6. The first kappa shape index (κ1) is 48.9. The number of carbonyl (C=O) groups excluding carboxylic acids is 3. The summed E-state index contributed by atoms with van der Waals surface area (Å²) in [7, 11) is -5.99. The number of sulfone groups is 2. The van der Waals surface area contributed by atoms with Crippen molar-refractivity contribution in [1.29, 1.82) is 0 Å². The summed E-state index contributed by atoms with van der Waals surface area (Å²) in [6, 6.07) is 5.44. The van der Waals surface area contributed by atoms with Gasteiger partial charge in [0.25, 0.3) is 0 Å². The summed E-state index contributed by atoms with van der Waals surface area (Å²) >= 11 is 0. The Morgan fingerprint density at radius 2 is 1.10 bits per heavy atom. The van der Waals surface area contributed by atoms with Crippen LogP contribution in [0.5, 0.6) is 0 Å². The maximum absolute atomic E-state index is 12.8. The fourth-order valence-electron chi connectivity index (χ4n) is 7.69. The van der Waals surface area contributed by atoms with Crippen molar-refractivity contribution < 1.29 is 50.5 Å². The summed E-state index contributed by atoms with van der Waals surface area (Å²) in [5, 5.41) is 9.64. The Morgan fingerprint density at radius 1 is 0.705 bits per heavy atom. The number of hydrogen-bond acceptors (Lipinski definition) is 13. The average Bonchev–Trinajstić information content (AvgIpc) is 3.67. The second kappa shape index (κ2) is 17.6. The van der Waals surface area contributed by atoms with Gasteiger partial charge < -0.3 is 28.5 Å². The molecule has 4 aromatic rings. The van der Waals surface area contributed by atoms with Gasteiger partial charge in [0.2, 0.25) is 0 Å². The molecule has 2 amide bonds. The van der Waals surface area contributed by atoms with Crippen LogP contribution in [0.1, 0.15) is 116 Å². The number of fused-ring (bicyclic) bond motifs is 6. The van der Waals surface area contributed by atoms with Crippen molar-refractivity contribution in [2.45, 2.75) is 129 Å². The van der Waals surface area contributed by atoms with E-state index in [4.69, 9.17) is 24.2 Å². The number of hydrogen-bond donors (Lipinski definition) is 1. The number of aliphatic hydroxyl groups is 1.